The van der Waals surface area contributed by atoms with Crippen LogP contribution in [0.15, 0.2) is 11.2 Å². The first kappa shape index (κ1) is 17.9. The number of thiazole rings is 1. The number of nitrogens with one attached hydrogen (secondary N) is 2. The summed E-state index contributed by atoms with van der Waals surface area (Å²) < 4.78 is 5.33. The van der Waals surface area contributed by atoms with E-state index in [1.54, 1.807) is 11.3 Å². The molecule has 0 saturated heterocycles. The average molecular weight is 312 g/mol. The van der Waals surface area contributed by atoms with Crippen molar-refractivity contribution in [2.24, 2.45) is 4.99 Å². The summed E-state index contributed by atoms with van der Waals surface area (Å²) in [6.07, 6.45) is 5.15. The Morgan fingerprint density at radius 3 is 2.81 bits per heavy atom. The largest absolute Gasteiger partial charge is 0.382 e. The van der Waals surface area contributed by atoms with Crippen LogP contribution in [-0.4, -0.2) is 37.2 Å². The standard InChI is InChI=1S/C15H28N4OS/c1-4-13-11-18-14(21-13)12-19-15(16-5-2)17-9-7-8-10-20-6-3/h11H,4-10,12H2,1-3H3,(H2,16,17,19). The van der Waals surface area contributed by atoms with Crippen LogP contribution in [0.25, 0.3) is 0 Å². The van der Waals surface area contributed by atoms with Crippen molar-refractivity contribution in [3.63, 3.8) is 0 Å². The minimum atomic E-state index is 0.638. The van der Waals surface area contributed by atoms with E-state index in [2.05, 4.69) is 34.5 Å². The normalized spacial score (nSPS) is 11.7. The van der Waals surface area contributed by atoms with Gasteiger partial charge in [-0.2, -0.15) is 0 Å². The molecule has 1 rings (SSSR count). The summed E-state index contributed by atoms with van der Waals surface area (Å²) in [4.78, 5) is 10.3. The molecule has 1 heterocycles. The van der Waals surface area contributed by atoms with E-state index >= 15 is 0 Å². The molecule has 0 aliphatic rings. The molecule has 0 atom stereocenters. The summed E-state index contributed by atoms with van der Waals surface area (Å²) in [5.41, 5.74) is 0. The summed E-state index contributed by atoms with van der Waals surface area (Å²) in [6, 6.07) is 0. The maximum absolute atomic E-state index is 5.33. The van der Waals surface area contributed by atoms with Crippen LogP contribution in [-0.2, 0) is 17.7 Å². The Labute approximate surface area is 132 Å². The van der Waals surface area contributed by atoms with Crippen LogP contribution < -0.4 is 10.6 Å². The zero-order valence-corrected chi connectivity index (χ0v) is 14.3. The number of ether oxygens (including phenoxy) is 1. The van der Waals surface area contributed by atoms with Crippen LogP contribution >= 0.6 is 11.3 Å². The molecule has 6 heteroatoms. The molecule has 0 saturated carbocycles. The highest BCUT2D eigenvalue weighted by Crippen LogP contribution is 2.13. The SMILES string of the molecule is CCNC(=NCc1ncc(CC)s1)NCCCCOCC. The second-order valence-electron chi connectivity index (χ2n) is 4.60. The number of hydrogen-bond donors (Lipinski definition) is 2. The van der Waals surface area contributed by atoms with Crippen molar-refractivity contribution in [1.82, 2.24) is 15.6 Å². The lowest BCUT2D eigenvalue weighted by Gasteiger charge is -2.10. The summed E-state index contributed by atoms with van der Waals surface area (Å²) in [6.45, 7) is 10.3. The summed E-state index contributed by atoms with van der Waals surface area (Å²) in [5, 5.41) is 7.68. The highest BCUT2D eigenvalue weighted by molar-refractivity contribution is 7.11. The molecule has 1 aromatic rings. The first-order valence-corrected chi connectivity index (χ1v) is 8.65. The molecule has 21 heavy (non-hydrogen) atoms. The first-order chi connectivity index (χ1) is 10.3. The monoisotopic (exact) mass is 312 g/mol. The molecule has 120 valence electrons. The van der Waals surface area contributed by atoms with Gasteiger partial charge in [-0.3, -0.25) is 0 Å². The third-order valence-corrected chi connectivity index (χ3v) is 4.00. The lowest BCUT2D eigenvalue weighted by atomic mass is 10.3. The van der Waals surface area contributed by atoms with Crippen molar-refractivity contribution in [2.45, 2.75) is 46.6 Å². The summed E-state index contributed by atoms with van der Waals surface area (Å²) in [5.74, 6) is 0.863. The minimum Gasteiger partial charge on any atom is -0.382 e. The van der Waals surface area contributed by atoms with Gasteiger partial charge in [-0.05, 0) is 33.1 Å². The molecule has 5 nitrogen and oxygen atoms in total. The van der Waals surface area contributed by atoms with Gasteiger partial charge in [0.15, 0.2) is 5.96 Å². The zero-order valence-electron chi connectivity index (χ0n) is 13.4. The summed E-state index contributed by atoms with van der Waals surface area (Å²) in [7, 11) is 0. The quantitative estimate of drug-likeness (QED) is 0.396. The number of aliphatic imine (C=N–C) groups is 1. The van der Waals surface area contributed by atoms with E-state index in [0.717, 1.165) is 56.5 Å². The number of aryl methyl sites for hydroxylation is 1. The highest BCUT2D eigenvalue weighted by Gasteiger charge is 2.01. The first-order valence-electron chi connectivity index (χ1n) is 7.83. The van der Waals surface area contributed by atoms with E-state index in [-0.39, 0.29) is 0 Å². The molecule has 0 radical (unpaired) electrons. The van der Waals surface area contributed by atoms with Crippen LogP contribution in [0, 0.1) is 0 Å². The molecule has 0 amide bonds. The molecule has 0 aliphatic carbocycles. The number of unbranched alkanes of at least 4 members (excludes halogenated alkanes) is 1. The fourth-order valence-corrected chi connectivity index (χ4v) is 2.54. The van der Waals surface area contributed by atoms with Gasteiger partial charge in [-0.1, -0.05) is 6.92 Å². The predicted octanol–water partition coefficient (Wildman–Crippen LogP) is 2.58. The molecule has 0 bridgehead atoms. The fourth-order valence-electron chi connectivity index (χ4n) is 1.75. The molecule has 0 aliphatic heterocycles. The van der Waals surface area contributed by atoms with Crippen molar-refractivity contribution in [2.75, 3.05) is 26.3 Å². The van der Waals surface area contributed by atoms with E-state index in [1.807, 2.05) is 13.1 Å². The Morgan fingerprint density at radius 2 is 2.14 bits per heavy atom. The third-order valence-electron chi connectivity index (χ3n) is 2.88. The van der Waals surface area contributed by atoms with Crippen molar-refractivity contribution < 1.29 is 4.74 Å². The number of hydrogen-bond acceptors (Lipinski definition) is 4. The average Bonchev–Trinajstić information content (AvgIpc) is 2.96. The molecule has 0 fully saturated rings. The van der Waals surface area contributed by atoms with Crippen LogP contribution in [0.3, 0.4) is 0 Å². The van der Waals surface area contributed by atoms with E-state index in [0.29, 0.717) is 6.54 Å². The van der Waals surface area contributed by atoms with Crippen LogP contribution in [0.2, 0.25) is 0 Å². The fraction of sp³-hybridized carbons (Fsp3) is 0.733. The second-order valence-corrected chi connectivity index (χ2v) is 5.80. The van der Waals surface area contributed by atoms with Gasteiger partial charge in [0.2, 0.25) is 0 Å². The van der Waals surface area contributed by atoms with Crippen LogP contribution in [0.5, 0.6) is 0 Å². The Hall–Kier alpha value is -1.14. The van der Waals surface area contributed by atoms with Crippen molar-refractivity contribution in [3.8, 4) is 0 Å². The number of aromatic nitrogens is 1. The molecular weight excluding hydrogens is 284 g/mol. The maximum Gasteiger partial charge on any atom is 0.191 e. The molecule has 0 unspecified atom stereocenters. The van der Waals surface area contributed by atoms with Gasteiger partial charge in [0.25, 0.3) is 0 Å². The highest BCUT2D eigenvalue weighted by atomic mass is 32.1. The number of rotatable bonds is 10. The summed E-state index contributed by atoms with van der Waals surface area (Å²) >= 11 is 1.74. The van der Waals surface area contributed by atoms with Gasteiger partial charge in [0.1, 0.15) is 5.01 Å². The van der Waals surface area contributed by atoms with Crippen molar-refractivity contribution >= 4 is 17.3 Å². The number of nitrogens with zero attached hydrogens (tertiary/aromatic N) is 2. The third kappa shape index (κ3) is 8.02. The van der Waals surface area contributed by atoms with Gasteiger partial charge in [0.05, 0.1) is 6.54 Å². The molecule has 2 N–H and O–H groups in total. The molecule has 1 aromatic heterocycles. The number of guanidine groups is 1. The van der Waals surface area contributed by atoms with Gasteiger partial charge < -0.3 is 15.4 Å². The van der Waals surface area contributed by atoms with Crippen LogP contribution in [0.4, 0.5) is 0 Å². The van der Waals surface area contributed by atoms with E-state index in [1.165, 1.54) is 4.88 Å². The lowest BCUT2D eigenvalue weighted by molar-refractivity contribution is 0.143. The Balaban J connectivity index is 2.31. The zero-order chi connectivity index (χ0) is 15.3. The van der Waals surface area contributed by atoms with E-state index < -0.39 is 0 Å². The lowest BCUT2D eigenvalue weighted by Crippen LogP contribution is -2.37. The molecule has 0 spiro atoms. The second kappa shape index (κ2) is 11.5. The Kier molecular flexibility index (Phi) is 9.82. The minimum absolute atomic E-state index is 0.638. The van der Waals surface area contributed by atoms with Crippen LogP contribution in [0.1, 0.15) is 43.5 Å². The Bertz CT molecular complexity index is 406. The van der Waals surface area contributed by atoms with Crippen molar-refractivity contribution in [1.29, 1.82) is 0 Å². The maximum atomic E-state index is 5.33. The van der Waals surface area contributed by atoms with E-state index in [4.69, 9.17) is 4.74 Å². The topological polar surface area (TPSA) is 58.5 Å². The predicted molar refractivity (Wildman–Crippen MR) is 90.0 cm³/mol. The van der Waals surface area contributed by atoms with Gasteiger partial charge in [-0.15, -0.1) is 11.3 Å². The molecular formula is C15H28N4OS. The van der Waals surface area contributed by atoms with Gasteiger partial charge >= 0.3 is 0 Å². The smallest absolute Gasteiger partial charge is 0.191 e. The van der Waals surface area contributed by atoms with Gasteiger partial charge in [0, 0.05) is 37.4 Å². The molecule has 0 aromatic carbocycles. The van der Waals surface area contributed by atoms with Crippen molar-refractivity contribution in [3.05, 3.63) is 16.1 Å². The van der Waals surface area contributed by atoms with Gasteiger partial charge in [-0.25, -0.2) is 9.98 Å². The Morgan fingerprint density at radius 1 is 1.29 bits per heavy atom. The van der Waals surface area contributed by atoms with E-state index in [9.17, 15) is 0 Å².